The Bertz CT molecular complexity index is 791. The molecule has 0 atom stereocenters. The molecule has 0 saturated carbocycles. The van der Waals surface area contributed by atoms with Crippen molar-refractivity contribution in [3.8, 4) is 5.75 Å². The highest BCUT2D eigenvalue weighted by atomic mass is 35.5. The second-order valence-corrected chi connectivity index (χ2v) is 7.25. The Morgan fingerprint density at radius 2 is 1.93 bits per heavy atom. The van der Waals surface area contributed by atoms with Crippen molar-refractivity contribution in [3.63, 3.8) is 0 Å². The number of carbonyl (C=O) groups excluding carboxylic acids is 1. The molecule has 0 unspecified atom stereocenters. The van der Waals surface area contributed by atoms with E-state index in [-0.39, 0.29) is 5.91 Å². The molecule has 2 heterocycles. The predicted molar refractivity (Wildman–Crippen MR) is 107 cm³/mol. The van der Waals surface area contributed by atoms with Crippen LogP contribution in [0.2, 0.25) is 5.02 Å². The molecule has 1 aromatic heterocycles. The molecular weight excluding hydrogens is 364 g/mol. The van der Waals surface area contributed by atoms with Crippen molar-refractivity contribution in [2.45, 2.75) is 13.5 Å². The Labute approximate surface area is 165 Å². The van der Waals surface area contributed by atoms with E-state index in [4.69, 9.17) is 16.3 Å². The van der Waals surface area contributed by atoms with Gasteiger partial charge in [-0.05, 0) is 36.2 Å². The molecule has 1 aromatic carbocycles. The average molecular weight is 389 g/mol. The summed E-state index contributed by atoms with van der Waals surface area (Å²) in [6.07, 6.45) is 3.79. The van der Waals surface area contributed by atoms with Crippen LogP contribution in [0.4, 0.5) is 5.69 Å². The number of ether oxygens (including phenoxy) is 1. The topological polar surface area (TPSA) is 57.7 Å². The van der Waals surface area contributed by atoms with E-state index in [9.17, 15) is 4.79 Å². The number of aryl methyl sites for hydroxylation is 1. The molecule has 27 heavy (non-hydrogen) atoms. The number of rotatable bonds is 6. The Morgan fingerprint density at radius 1 is 1.19 bits per heavy atom. The van der Waals surface area contributed by atoms with Crippen molar-refractivity contribution < 1.29 is 9.53 Å². The van der Waals surface area contributed by atoms with Gasteiger partial charge in [0.25, 0.3) is 0 Å². The van der Waals surface area contributed by atoms with Gasteiger partial charge >= 0.3 is 0 Å². The molecule has 1 aliphatic heterocycles. The van der Waals surface area contributed by atoms with Gasteiger partial charge in [0.2, 0.25) is 5.91 Å². The van der Waals surface area contributed by atoms with Gasteiger partial charge in [0.05, 0.1) is 19.3 Å². The standard InChI is InChI=1S/C20H25ClN4O2/c1-15-9-16(12-22-11-15)13-24-5-7-25(8-6-24)14-20(26)23-18-10-17(21)3-4-19(18)27-2/h3-4,9-12H,5-8,13-14H2,1-2H3,(H,23,26). The average Bonchev–Trinajstić information content (AvgIpc) is 2.63. The number of halogens is 1. The van der Waals surface area contributed by atoms with Crippen molar-refractivity contribution in [1.82, 2.24) is 14.8 Å². The highest BCUT2D eigenvalue weighted by Gasteiger charge is 2.19. The van der Waals surface area contributed by atoms with Crippen LogP contribution in [0, 0.1) is 6.92 Å². The van der Waals surface area contributed by atoms with Crippen molar-refractivity contribution in [2.24, 2.45) is 0 Å². The Kier molecular flexibility index (Phi) is 6.66. The summed E-state index contributed by atoms with van der Waals surface area (Å²) in [6.45, 7) is 6.90. The van der Waals surface area contributed by atoms with Gasteiger partial charge in [-0.3, -0.25) is 19.6 Å². The molecule has 1 saturated heterocycles. The number of benzene rings is 1. The summed E-state index contributed by atoms with van der Waals surface area (Å²) in [6, 6.07) is 7.35. The number of aromatic nitrogens is 1. The third-order valence-corrected chi connectivity index (χ3v) is 4.84. The molecule has 6 nitrogen and oxygen atoms in total. The monoisotopic (exact) mass is 388 g/mol. The molecule has 0 aliphatic carbocycles. The molecule has 1 aliphatic rings. The molecule has 1 fully saturated rings. The summed E-state index contributed by atoms with van der Waals surface area (Å²) in [5, 5.41) is 3.46. The molecule has 7 heteroatoms. The summed E-state index contributed by atoms with van der Waals surface area (Å²) in [7, 11) is 1.57. The quantitative estimate of drug-likeness (QED) is 0.824. The maximum atomic E-state index is 12.4. The largest absolute Gasteiger partial charge is 0.495 e. The van der Waals surface area contributed by atoms with Gasteiger partial charge in [0, 0.05) is 50.1 Å². The lowest BCUT2D eigenvalue weighted by molar-refractivity contribution is -0.117. The number of carbonyl (C=O) groups is 1. The van der Waals surface area contributed by atoms with Crippen LogP contribution in [0.1, 0.15) is 11.1 Å². The van der Waals surface area contributed by atoms with Crippen LogP contribution in [0.15, 0.2) is 36.7 Å². The predicted octanol–water partition coefficient (Wildman–Crippen LogP) is 2.81. The van der Waals surface area contributed by atoms with Crippen molar-refractivity contribution in [3.05, 3.63) is 52.8 Å². The fraction of sp³-hybridized carbons (Fsp3) is 0.400. The summed E-state index contributed by atoms with van der Waals surface area (Å²) in [4.78, 5) is 21.2. The second kappa shape index (κ2) is 9.17. The smallest absolute Gasteiger partial charge is 0.238 e. The zero-order valence-electron chi connectivity index (χ0n) is 15.7. The molecule has 0 radical (unpaired) electrons. The molecule has 144 valence electrons. The SMILES string of the molecule is COc1ccc(Cl)cc1NC(=O)CN1CCN(Cc2cncc(C)c2)CC1. The minimum atomic E-state index is -0.0631. The molecule has 0 bridgehead atoms. The van der Waals surface area contributed by atoms with Gasteiger partial charge in [0.1, 0.15) is 5.75 Å². The lowest BCUT2D eigenvalue weighted by Gasteiger charge is -2.34. The van der Waals surface area contributed by atoms with E-state index in [1.807, 2.05) is 12.4 Å². The number of methoxy groups -OCH3 is 1. The van der Waals surface area contributed by atoms with E-state index in [0.29, 0.717) is 23.0 Å². The minimum absolute atomic E-state index is 0.0631. The third kappa shape index (κ3) is 5.66. The fourth-order valence-electron chi connectivity index (χ4n) is 3.24. The maximum absolute atomic E-state index is 12.4. The van der Waals surface area contributed by atoms with E-state index in [1.54, 1.807) is 25.3 Å². The molecular formula is C20H25ClN4O2. The van der Waals surface area contributed by atoms with Gasteiger partial charge in [-0.25, -0.2) is 0 Å². The number of hydrogen-bond donors (Lipinski definition) is 1. The molecule has 1 amide bonds. The summed E-state index contributed by atoms with van der Waals surface area (Å²) in [5.41, 5.74) is 3.01. The highest BCUT2D eigenvalue weighted by Crippen LogP contribution is 2.27. The Hall–Kier alpha value is -2.15. The molecule has 1 N–H and O–H groups in total. The van der Waals surface area contributed by atoms with Gasteiger partial charge in [0.15, 0.2) is 0 Å². The van der Waals surface area contributed by atoms with Crippen LogP contribution in [-0.2, 0) is 11.3 Å². The van der Waals surface area contributed by atoms with E-state index >= 15 is 0 Å². The van der Waals surface area contributed by atoms with Crippen molar-refractivity contribution in [1.29, 1.82) is 0 Å². The van der Waals surface area contributed by atoms with Crippen LogP contribution in [0.3, 0.4) is 0 Å². The number of piperazine rings is 1. The van der Waals surface area contributed by atoms with E-state index in [0.717, 1.165) is 32.7 Å². The van der Waals surface area contributed by atoms with Crippen LogP contribution < -0.4 is 10.1 Å². The first-order valence-electron chi connectivity index (χ1n) is 9.02. The van der Waals surface area contributed by atoms with Crippen molar-refractivity contribution >= 4 is 23.2 Å². The van der Waals surface area contributed by atoms with E-state index in [1.165, 1.54) is 11.1 Å². The first-order valence-corrected chi connectivity index (χ1v) is 9.40. The van der Waals surface area contributed by atoms with Gasteiger partial charge < -0.3 is 10.1 Å². The highest BCUT2D eigenvalue weighted by molar-refractivity contribution is 6.31. The van der Waals surface area contributed by atoms with E-state index in [2.05, 4.69) is 33.1 Å². The summed E-state index contributed by atoms with van der Waals surface area (Å²) >= 11 is 6.01. The second-order valence-electron chi connectivity index (χ2n) is 6.82. The Morgan fingerprint density at radius 3 is 2.63 bits per heavy atom. The normalized spacial score (nSPS) is 15.5. The number of nitrogens with zero attached hydrogens (tertiary/aromatic N) is 3. The first-order chi connectivity index (χ1) is 13.0. The number of pyridine rings is 1. The third-order valence-electron chi connectivity index (χ3n) is 4.61. The number of nitrogens with one attached hydrogen (secondary N) is 1. The summed E-state index contributed by atoms with van der Waals surface area (Å²) < 4.78 is 5.27. The Balaban J connectivity index is 1.47. The van der Waals surface area contributed by atoms with Crippen LogP contribution in [-0.4, -0.2) is 60.5 Å². The van der Waals surface area contributed by atoms with Crippen molar-refractivity contribution in [2.75, 3.05) is 45.2 Å². The number of amides is 1. The van der Waals surface area contributed by atoms with Gasteiger partial charge in [-0.15, -0.1) is 0 Å². The van der Waals surface area contributed by atoms with E-state index < -0.39 is 0 Å². The number of anilines is 1. The van der Waals surface area contributed by atoms with Crippen LogP contribution in [0.5, 0.6) is 5.75 Å². The van der Waals surface area contributed by atoms with Crippen LogP contribution >= 0.6 is 11.6 Å². The zero-order chi connectivity index (χ0) is 19.2. The molecule has 3 rings (SSSR count). The summed E-state index contributed by atoms with van der Waals surface area (Å²) in [5.74, 6) is 0.538. The number of hydrogen-bond acceptors (Lipinski definition) is 5. The lowest BCUT2D eigenvalue weighted by Crippen LogP contribution is -2.48. The molecule has 2 aromatic rings. The maximum Gasteiger partial charge on any atom is 0.238 e. The minimum Gasteiger partial charge on any atom is -0.495 e. The van der Waals surface area contributed by atoms with Gasteiger partial charge in [-0.2, -0.15) is 0 Å². The zero-order valence-corrected chi connectivity index (χ0v) is 16.5. The molecule has 0 spiro atoms. The van der Waals surface area contributed by atoms with Crippen LogP contribution in [0.25, 0.3) is 0 Å². The first kappa shape index (κ1) is 19.6. The van der Waals surface area contributed by atoms with Gasteiger partial charge in [-0.1, -0.05) is 17.7 Å². The lowest BCUT2D eigenvalue weighted by atomic mass is 10.2. The fourth-order valence-corrected chi connectivity index (χ4v) is 3.41.